The van der Waals surface area contributed by atoms with E-state index in [4.69, 9.17) is 4.98 Å². The molecular formula is C53H51N4+. The van der Waals surface area contributed by atoms with E-state index >= 15 is 0 Å². The molecule has 4 nitrogen and oxygen atoms in total. The molecule has 4 aromatic heterocycles. The molecule has 4 heterocycles. The lowest BCUT2D eigenvalue weighted by Gasteiger charge is -2.22. The van der Waals surface area contributed by atoms with Crippen LogP contribution >= 0.6 is 0 Å². The normalized spacial score (nSPS) is 11.9. The summed E-state index contributed by atoms with van der Waals surface area (Å²) in [6, 6.07) is 46.1. The van der Waals surface area contributed by atoms with Gasteiger partial charge in [0.25, 0.3) is 0 Å². The highest BCUT2D eigenvalue weighted by atomic mass is 14.9. The highest BCUT2D eigenvalue weighted by molar-refractivity contribution is 5.93. The molecule has 0 atom stereocenters. The second-order valence-electron chi connectivity index (χ2n) is 17.4. The highest BCUT2D eigenvalue weighted by Gasteiger charge is 2.19. The first-order chi connectivity index (χ1) is 27.3. The Hall–Kier alpha value is -6.26. The number of aromatic nitrogens is 4. The van der Waals surface area contributed by atoms with Crippen molar-refractivity contribution in [2.45, 2.75) is 72.8 Å². The van der Waals surface area contributed by atoms with Crippen molar-refractivity contribution in [1.29, 1.82) is 0 Å². The standard InChI is InChI=1S/C53H51N4/c1-35-40-19-20-41-28-45(53(6,7)8)33-46(36(41)2)47(30-42(35)29-44(27-40)52(3,4)5)39-21-25-57(26-22-39)34-37-15-17-38(18-16-37)43-31-50(48-13-9-11-23-54-48)56-51(32-43)49-14-10-12-24-55-49/h9-33H,34H2,1-8H3/q+1. The number of hydrogen-bond donors (Lipinski definition) is 0. The van der Waals surface area contributed by atoms with Gasteiger partial charge in [-0.1, -0.05) is 114 Å². The van der Waals surface area contributed by atoms with Crippen molar-refractivity contribution in [3.05, 3.63) is 180 Å². The summed E-state index contributed by atoms with van der Waals surface area (Å²) in [7, 11) is 0. The Morgan fingerprint density at radius 1 is 0.474 bits per heavy atom. The first kappa shape index (κ1) is 37.7. The molecule has 0 saturated carbocycles. The number of rotatable bonds is 6. The van der Waals surface area contributed by atoms with E-state index in [2.05, 4.69) is 173 Å². The smallest absolute Gasteiger partial charge is 0.173 e. The molecule has 0 aliphatic heterocycles. The average Bonchev–Trinajstić information content (AvgIpc) is 3.20. The minimum absolute atomic E-state index is 0.0132. The summed E-state index contributed by atoms with van der Waals surface area (Å²) in [5.41, 5.74) is 14.5. The number of aryl methyl sites for hydroxylation is 2. The van der Waals surface area contributed by atoms with E-state index in [0.717, 1.165) is 40.4 Å². The van der Waals surface area contributed by atoms with Crippen LogP contribution in [-0.4, -0.2) is 15.0 Å². The summed E-state index contributed by atoms with van der Waals surface area (Å²) in [6.07, 6.45) is 8.05. The van der Waals surface area contributed by atoms with Gasteiger partial charge in [0, 0.05) is 30.1 Å². The molecule has 8 aromatic rings. The Morgan fingerprint density at radius 2 is 1.02 bits per heavy atom. The molecule has 0 unspecified atom stereocenters. The van der Waals surface area contributed by atoms with Crippen LogP contribution in [0.5, 0.6) is 0 Å². The van der Waals surface area contributed by atoms with Crippen LogP contribution in [0.25, 0.3) is 66.6 Å². The molecule has 0 saturated heterocycles. The summed E-state index contributed by atoms with van der Waals surface area (Å²) in [4.78, 5) is 14.1. The van der Waals surface area contributed by atoms with E-state index in [9.17, 15) is 0 Å². The summed E-state index contributed by atoms with van der Waals surface area (Å²) in [6.45, 7) is 19.1. The van der Waals surface area contributed by atoms with Gasteiger partial charge < -0.3 is 0 Å². The Labute approximate surface area is 337 Å². The van der Waals surface area contributed by atoms with Crippen LogP contribution < -0.4 is 4.57 Å². The van der Waals surface area contributed by atoms with E-state index < -0.39 is 0 Å². The molecule has 4 aromatic carbocycles. The molecular weight excluding hydrogens is 693 g/mol. The molecule has 4 bridgehead atoms. The van der Waals surface area contributed by atoms with E-state index in [1.807, 2.05) is 36.4 Å². The third-order valence-electron chi connectivity index (χ3n) is 11.2. The molecule has 0 N–H and O–H groups in total. The molecule has 8 rings (SSSR count). The molecule has 0 fully saturated rings. The topological polar surface area (TPSA) is 42.5 Å². The minimum atomic E-state index is 0.0132. The minimum Gasteiger partial charge on any atom is -0.255 e. The van der Waals surface area contributed by atoms with Gasteiger partial charge in [-0.25, -0.2) is 9.55 Å². The van der Waals surface area contributed by atoms with Gasteiger partial charge >= 0.3 is 0 Å². The number of fused-ring (bicyclic) bond motifs is 4. The first-order valence-electron chi connectivity index (χ1n) is 19.9. The Balaban J connectivity index is 1.16. The van der Waals surface area contributed by atoms with E-state index in [1.165, 1.54) is 60.5 Å². The predicted octanol–water partition coefficient (Wildman–Crippen LogP) is 13.0. The lowest BCUT2D eigenvalue weighted by molar-refractivity contribution is -0.688. The second kappa shape index (κ2) is 15.0. The van der Waals surface area contributed by atoms with Crippen molar-refractivity contribution in [2.24, 2.45) is 0 Å². The maximum absolute atomic E-state index is 4.95. The van der Waals surface area contributed by atoms with Crippen molar-refractivity contribution < 1.29 is 4.57 Å². The maximum atomic E-state index is 4.95. The maximum Gasteiger partial charge on any atom is 0.173 e. The van der Waals surface area contributed by atoms with Crippen LogP contribution in [0.4, 0.5) is 0 Å². The largest absolute Gasteiger partial charge is 0.255 e. The molecule has 57 heavy (non-hydrogen) atoms. The fraction of sp³-hybridized carbons (Fsp3) is 0.208. The third kappa shape index (κ3) is 8.04. The summed E-state index contributed by atoms with van der Waals surface area (Å²) in [5, 5.41) is 5.11. The number of hydrogen-bond acceptors (Lipinski definition) is 3. The van der Waals surface area contributed by atoms with Crippen LogP contribution in [0.2, 0.25) is 0 Å². The molecule has 0 radical (unpaired) electrons. The van der Waals surface area contributed by atoms with E-state index in [-0.39, 0.29) is 10.8 Å². The Morgan fingerprint density at radius 3 is 1.56 bits per heavy atom. The number of pyridine rings is 4. The number of nitrogens with zero attached hydrogens (tertiary/aromatic N) is 4. The van der Waals surface area contributed by atoms with E-state index in [0.29, 0.717) is 0 Å². The van der Waals surface area contributed by atoms with Gasteiger partial charge in [0.05, 0.1) is 22.8 Å². The Kier molecular flexibility index (Phi) is 9.91. The lowest BCUT2D eigenvalue weighted by atomic mass is 9.82. The zero-order valence-corrected chi connectivity index (χ0v) is 34.4. The molecule has 0 aliphatic rings. The summed E-state index contributed by atoms with van der Waals surface area (Å²) in [5.74, 6) is 0. The SMILES string of the molecule is Cc1c2ccc3cc(C(C)(C)C)cc(c(-c4cc[n+](Cc5ccc(-c6cc(-c7ccccn7)nc(-c7ccccn7)c6)cc5)cc4)cc1cc(C(C)(C)C)c2)c3C. The van der Waals surface area contributed by atoms with Crippen molar-refractivity contribution in [2.75, 3.05) is 0 Å². The van der Waals surface area contributed by atoms with Crippen molar-refractivity contribution in [3.8, 4) is 45.0 Å². The monoisotopic (exact) mass is 743 g/mol. The van der Waals surface area contributed by atoms with Gasteiger partial charge in [-0.15, -0.1) is 0 Å². The van der Waals surface area contributed by atoms with Crippen LogP contribution in [0, 0.1) is 13.8 Å². The van der Waals surface area contributed by atoms with Crippen LogP contribution in [-0.2, 0) is 17.4 Å². The van der Waals surface area contributed by atoms with Crippen LogP contribution in [0.3, 0.4) is 0 Å². The van der Waals surface area contributed by atoms with Gasteiger partial charge in [0.1, 0.15) is 0 Å². The fourth-order valence-corrected chi connectivity index (χ4v) is 7.53. The number of benzene rings is 3. The zero-order chi connectivity index (χ0) is 39.9. The van der Waals surface area contributed by atoms with Crippen molar-refractivity contribution >= 4 is 21.5 Å². The summed E-state index contributed by atoms with van der Waals surface area (Å²) < 4.78 is 2.26. The molecule has 0 amide bonds. The fourth-order valence-electron chi connectivity index (χ4n) is 7.53. The zero-order valence-electron chi connectivity index (χ0n) is 34.4. The quantitative estimate of drug-likeness (QED) is 0.159. The van der Waals surface area contributed by atoms with Crippen LogP contribution in [0.15, 0.2) is 152 Å². The Bertz CT molecular complexity index is 2700. The van der Waals surface area contributed by atoms with Gasteiger partial charge in [0.15, 0.2) is 18.9 Å². The average molecular weight is 744 g/mol. The summed E-state index contributed by atoms with van der Waals surface area (Å²) >= 11 is 0. The molecule has 282 valence electrons. The second-order valence-corrected chi connectivity index (χ2v) is 17.4. The van der Waals surface area contributed by atoms with Crippen molar-refractivity contribution in [1.82, 2.24) is 15.0 Å². The third-order valence-corrected chi connectivity index (χ3v) is 11.2. The van der Waals surface area contributed by atoms with Gasteiger partial charge in [-0.05, 0) is 133 Å². The van der Waals surface area contributed by atoms with Crippen LogP contribution in [0.1, 0.15) is 69.4 Å². The molecule has 0 spiro atoms. The van der Waals surface area contributed by atoms with Gasteiger partial charge in [-0.2, -0.15) is 0 Å². The van der Waals surface area contributed by atoms with Gasteiger partial charge in [0.2, 0.25) is 0 Å². The molecule has 0 aliphatic carbocycles. The lowest BCUT2D eigenvalue weighted by Crippen LogP contribution is -2.32. The first-order valence-corrected chi connectivity index (χ1v) is 19.9. The molecule has 4 heteroatoms. The highest BCUT2D eigenvalue weighted by Crippen LogP contribution is 2.36. The van der Waals surface area contributed by atoms with E-state index in [1.54, 1.807) is 12.4 Å². The van der Waals surface area contributed by atoms with Gasteiger partial charge in [-0.3, -0.25) is 9.97 Å². The predicted molar refractivity (Wildman–Crippen MR) is 238 cm³/mol. The van der Waals surface area contributed by atoms with Crippen molar-refractivity contribution in [3.63, 3.8) is 0 Å².